The van der Waals surface area contributed by atoms with E-state index in [1.165, 1.54) is 12.1 Å². The predicted octanol–water partition coefficient (Wildman–Crippen LogP) is 4.13. The Bertz CT molecular complexity index is 643. The third-order valence-corrected chi connectivity index (χ3v) is 3.01. The topological polar surface area (TPSA) is 56.8 Å². The van der Waals surface area contributed by atoms with Crippen LogP contribution in [0.1, 0.15) is 13.8 Å². The summed E-state index contributed by atoms with van der Waals surface area (Å²) < 4.78 is 28.8. The molecule has 0 aliphatic heterocycles. The molecule has 0 heterocycles. The van der Waals surface area contributed by atoms with Gasteiger partial charge in [0, 0.05) is 0 Å². The van der Waals surface area contributed by atoms with Crippen LogP contribution in [0.3, 0.4) is 0 Å². The number of hydrogen-bond acceptors (Lipinski definition) is 4. The molecule has 2 aromatic carbocycles. The molecule has 2 rings (SSSR count). The van der Waals surface area contributed by atoms with Gasteiger partial charge in [-0.3, -0.25) is 0 Å². The van der Waals surface area contributed by atoms with Crippen LogP contribution >= 0.6 is 0 Å². The van der Waals surface area contributed by atoms with E-state index in [1.807, 2.05) is 6.92 Å². The fourth-order valence-corrected chi connectivity index (χ4v) is 1.88. The average Bonchev–Trinajstić information content (AvgIpc) is 2.56. The number of benzene rings is 2. The van der Waals surface area contributed by atoms with Gasteiger partial charge < -0.3 is 19.5 Å². The van der Waals surface area contributed by atoms with Crippen molar-refractivity contribution >= 4 is 6.09 Å². The third kappa shape index (κ3) is 5.79. The molecule has 0 fully saturated rings. The van der Waals surface area contributed by atoms with Gasteiger partial charge >= 0.3 is 6.09 Å². The molecule has 1 amide bonds. The molecule has 0 aliphatic rings. The maximum absolute atomic E-state index is 12.8. The van der Waals surface area contributed by atoms with Crippen molar-refractivity contribution in [1.82, 2.24) is 5.32 Å². The summed E-state index contributed by atoms with van der Waals surface area (Å²) in [5.41, 5.74) is 0. The summed E-state index contributed by atoms with van der Waals surface area (Å²) in [5.74, 6) is 1.51. The van der Waals surface area contributed by atoms with Crippen molar-refractivity contribution in [2.24, 2.45) is 0 Å². The zero-order chi connectivity index (χ0) is 17.4. The Hall–Kier alpha value is -2.76. The monoisotopic (exact) mass is 333 g/mol. The highest BCUT2D eigenvalue weighted by Gasteiger charge is 2.08. The minimum absolute atomic E-state index is 0.181. The van der Waals surface area contributed by atoms with Gasteiger partial charge in [0.1, 0.15) is 29.7 Å². The van der Waals surface area contributed by atoms with Gasteiger partial charge in [-0.15, -0.1) is 0 Å². The summed E-state index contributed by atoms with van der Waals surface area (Å²) in [5, 5.41) is 2.66. The summed E-state index contributed by atoms with van der Waals surface area (Å²) >= 11 is 0. The van der Waals surface area contributed by atoms with Crippen LogP contribution in [0.4, 0.5) is 9.18 Å². The lowest BCUT2D eigenvalue weighted by Gasteiger charge is -2.15. The molecule has 1 unspecified atom stereocenters. The summed E-state index contributed by atoms with van der Waals surface area (Å²) in [6, 6.07) is 12.6. The van der Waals surface area contributed by atoms with Crippen LogP contribution in [0, 0.1) is 5.82 Å². The second-order valence-electron chi connectivity index (χ2n) is 5.10. The summed E-state index contributed by atoms with van der Waals surface area (Å²) in [6.45, 7) is 4.21. The van der Waals surface area contributed by atoms with Crippen LogP contribution < -0.4 is 14.8 Å². The molecule has 0 spiro atoms. The standard InChI is InChI=1S/C18H20FNO4/c1-3-22-18(21)20-13(2)12-23-15-8-10-17(11-9-15)24-16-6-4-14(19)5-7-16/h4-11,13H,3,12H2,1-2H3,(H,20,21). The fourth-order valence-electron chi connectivity index (χ4n) is 1.88. The molecule has 0 saturated heterocycles. The molecular weight excluding hydrogens is 313 g/mol. The largest absolute Gasteiger partial charge is 0.491 e. The van der Waals surface area contributed by atoms with Crippen molar-refractivity contribution < 1.29 is 23.4 Å². The number of amides is 1. The highest BCUT2D eigenvalue weighted by atomic mass is 19.1. The zero-order valence-corrected chi connectivity index (χ0v) is 13.6. The Kier molecular flexibility index (Phi) is 6.42. The lowest BCUT2D eigenvalue weighted by molar-refractivity contribution is 0.144. The molecule has 0 radical (unpaired) electrons. The molecule has 128 valence electrons. The number of alkyl carbamates (subject to hydrolysis) is 1. The van der Waals surface area contributed by atoms with Gasteiger partial charge in [0.05, 0.1) is 12.6 Å². The van der Waals surface area contributed by atoms with Gasteiger partial charge in [-0.05, 0) is 62.4 Å². The second-order valence-corrected chi connectivity index (χ2v) is 5.10. The molecular formula is C18H20FNO4. The lowest BCUT2D eigenvalue weighted by Crippen LogP contribution is -2.37. The number of nitrogens with one attached hydrogen (secondary N) is 1. The Morgan fingerprint density at radius 3 is 2.17 bits per heavy atom. The van der Waals surface area contributed by atoms with E-state index in [-0.39, 0.29) is 11.9 Å². The first-order chi connectivity index (χ1) is 11.6. The second kappa shape index (κ2) is 8.76. The van der Waals surface area contributed by atoms with E-state index >= 15 is 0 Å². The Morgan fingerprint density at radius 2 is 1.58 bits per heavy atom. The lowest BCUT2D eigenvalue weighted by atomic mass is 10.3. The van der Waals surface area contributed by atoms with Crippen LogP contribution in [-0.2, 0) is 4.74 Å². The van der Waals surface area contributed by atoms with Crippen LogP contribution in [0.5, 0.6) is 17.2 Å². The van der Waals surface area contributed by atoms with E-state index in [1.54, 1.807) is 43.3 Å². The number of hydrogen-bond donors (Lipinski definition) is 1. The van der Waals surface area contributed by atoms with Gasteiger partial charge in [-0.2, -0.15) is 0 Å². The summed E-state index contributed by atoms with van der Waals surface area (Å²) in [4.78, 5) is 11.3. The molecule has 5 nitrogen and oxygen atoms in total. The molecule has 24 heavy (non-hydrogen) atoms. The first-order valence-corrected chi connectivity index (χ1v) is 7.66. The van der Waals surface area contributed by atoms with Gasteiger partial charge in [0.15, 0.2) is 0 Å². The van der Waals surface area contributed by atoms with Gasteiger partial charge in [-0.1, -0.05) is 0 Å². The first-order valence-electron chi connectivity index (χ1n) is 7.66. The maximum atomic E-state index is 12.8. The minimum atomic E-state index is -0.461. The van der Waals surface area contributed by atoms with E-state index in [0.29, 0.717) is 30.5 Å². The van der Waals surface area contributed by atoms with Crippen LogP contribution in [0.2, 0.25) is 0 Å². The van der Waals surface area contributed by atoms with Gasteiger partial charge in [0.2, 0.25) is 0 Å². The highest BCUT2D eigenvalue weighted by molar-refractivity contribution is 5.67. The minimum Gasteiger partial charge on any atom is -0.491 e. The number of ether oxygens (including phenoxy) is 3. The van der Waals surface area contributed by atoms with Crippen LogP contribution in [-0.4, -0.2) is 25.3 Å². The summed E-state index contributed by atoms with van der Waals surface area (Å²) in [6.07, 6.45) is -0.461. The van der Waals surface area contributed by atoms with Crippen molar-refractivity contribution in [3.63, 3.8) is 0 Å². The van der Waals surface area contributed by atoms with Gasteiger partial charge in [0.25, 0.3) is 0 Å². The maximum Gasteiger partial charge on any atom is 0.407 e. The Morgan fingerprint density at radius 1 is 1.04 bits per heavy atom. The molecule has 1 N–H and O–H groups in total. The quantitative estimate of drug-likeness (QED) is 0.828. The zero-order valence-electron chi connectivity index (χ0n) is 13.6. The van der Waals surface area contributed by atoms with Crippen molar-refractivity contribution in [3.8, 4) is 17.2 Å². The van der Waals surface area contributed by atoms with Crippen molar-refractivity contribution in [3.05, 3.63) is 54.3 Å². The molecule has 1 atom stereocenters. The Labute approximate surface area is 140 Å². The number of halogens is 1. The number of carbonyl (C=O) groups excluding carboxylic acids is 1. The normalized spacial score (nSPS) is 11.5. The van der Waals surface area contributed by atoms with Crippen molar-refractivity contribution in [2.75, 3.05) is 13.2 Å². The average molecular weight is 333 g/mol. The van der Waals surface area contributed by atoms with Crippen molar-refractivity contribution in [1.29, 1.82) is 0 Å². The molecule has 0 aliphatic carbocycles. The predicted molar refractivity (Wildman–Crippen MR) is 88.0 cm³/mol. The number of carbonyl (C=O) groups is 1. The fraction of sp³-hybridized carbons (Fsp3) is 0.278. The molecule has 6 heteroatoms. The van der Waals surface area contributed by atoms with E-state index in [0.717, 1.165) is 0 Å². The number of rotatable bonds is 7. The molecule has 2 aromatic rings. The van der Waals surface area contributed by atoms with E-state index in [9.17, 15) is 9.18 Å². The van der Waals surface area contributed by atoms with Crippen LogP contribution in [0.25, 0.3) is 0 Å². The third-order valence-electron chi connectivity index (χ3n) is 3.01. The first kappa shape index (κ1) is 17.6. The molecule has 0 aromatic heterocycles. The SMILES string of the molecule is CCOC(=O)NC(C)COc1ccc(Oc2ccc(F)cc2)cc1. The summed E-state index contributed by atoms with van der Waals surface area (Å²) in [7, 11) is 0. The van der Waals surface area contributed by atoms with E-state index in [2.05, 4.69) is 5.32 Å². The molecule has 0 saturated carbocycles. The van der Waals surface area contributed by atoms with E-state index < -0.39 is 6.09 Å². The van der Waals surface area contributed by atoms with Gasteiger partial charge in [-0.25, -0.2) is 9.18 Å². The highest BCUT2D eigenvalue weighted by Crippen LogP contribution is 2.24. The Balaban J connectivity index is 1.81. The van der Waals surface area contributed by atoms with E-state index in [4.69, 9.17) is 14.2 Å². The van der Waals surface area contributed by atoms with Crippen LogP contribution in [0.15, 0.2) is 48.5 Å². The smallest absolute Gasteiger partial charge is 0.407 e. The molecule has 0 bridgehead atoms. The van der Waals surface area contributed by atoms with Crippen molar-refractivity contribution in [2.45, 2.75) is 19.9 Å².